The molecule has 0 radical (unpaired) electrons. The summed E-state index contributed by atoms with van der Waals surface area (Å²) in [5.41, 5.74) is 2.45. The van der Waals surface area contributed by atoms with Crippen LogP contribution in [0.15, 0.2) is 48.5 Å². The Balaban J connectivity index is 1.75. The molecule has 8 heteroatoms. The number of nitrogens with zero attached hydrogens (tertiary/aromatic N) is 2. The first-order chi connectivity index (χ1) is 12.5. The Kier molecular flexibility index (Phi) is 4.34. The van der Waals surface area contributed by atoms with Gasteiger partial charge in [0.05, 0.1) is 22.9 Å². The molecule has 1 N–H and O–H groups in total. The Morgan fingerprint density at radius 2 is 1.96 bits per heavy atom. The zero-order valence-electron chi connectivity index (χ0n) is 13.4. The summed E-state index contributed by atoms with van der Waals surface area (Å²) in [6.07, 6.45) is 0. The Hall–Kier alpha value is -2.51. The highest BCUT2D eigenvalue weighted by Crippen LogP contribution is 2.32. The molecule has 1 aliphatic rings. The van der Waals surface area contributed by atoms with E-state index in [-0.39, 0.29) is 0 Å². The van der Waals surface area contributed by atoms with Crippen LogP contribution in [0.5, 0.6) is 0 Å². The minimum Gasteiger partial charge on any atom is -0.306 e. The number of amides is 1. The van der Waals surface area contributed by atoms with E-state index in [4.69, 9.17) is 11.6 Å². The van der Waals surface area contributed by atoms with Crippen molar-refractivity contribution >= 4 is 34.1 Å². The van der Waals surface area contributed by atoms with Gasteiger partial charge in [0.1, 0.15) is 11.6 Å². The summed E-state index contributed by atoms with van der Waals surface area (Å²) >= 11 is 6.07. The standard InChI is InChI=1S/C18H13ClFN3O2S/c19-12-2-1-3-14(8-12)23-17(15-9-26(25)10-16(15)22-23)21-18(24)11-4-6-13(20)7-5-11/h1-8H,9-10H2,(H,21,24). The van der Waals surface area contributed by atoms with Gasteiger partial charge in [-0.15, -0.1) is 0 Å². The third-order valence-corrected chi connectivity index (χ3v) is 5.50. The molecule has 132 valence electrons. The van der Waals surface area contributed by atoms with Crippen molar-refractivity contribution in [1.82, 2.24) is 9.78 Å². The van der Waals surface area contributed by atoms with E-state index in [9.17, 15) is 13.4 Å². The van der Waals surface area contributed by atoms with E-state index < -0.39 is 22.5 Å². The minimum absolute atomic E-state index is 0.318. The monoisotopic (exact) mass is 389 g/mol. The molecule has 0 saturated carbocycles. The lowest BCUT2D eigenvalue weighted by Crippen LogP contribution is -2.16. The predicted octanol–water partition coefficient (Wildman–Crippen LogP) is 3.68. The first-order valence-electron chi connectivity index (χ1n) is 7.80. The molecule has 1 unspecified atom stereocenters. The van der Waals surface area contributed by atoms with Gasteiger partial charge in [-0.3, -0.25) is 9.00 Å². The highest BCUT2D eigenvalue weighted by atomic mass is 35.5. The fourth-order valence-electron chi connectivity index (χ4n) is 2.83. The molecule has 2 aromatic carbocycles. The molecule has 1 aromatic heterocycles. The van der Waals surface area contributed by atoms with Crippen molar-refractivity contribution in [1.29, 1.82) is 0 Å². The van der Waals surface area contributed by atoms with E-state index in [0.29, 0.717) is 39.3 Å². The SMILES string of the molecule is O=C(Nc1c2c(nn1-c1cccc(Cl)c1)CS(=O)C2)c1ccc(F)cc1. The predicted molar refractivity (Wildman–Crippen MR) is 98.5 cm³/mol. The summed E-state index contributed by atoms with van der Waals surface area (Å²) in [6.45, 7) is 0. The van der Waals surface area contributed by atoms with E-state index in [1.54, 1.807) is 22.9 Å². The van der Waals surface area contributed by atoms with Crippen LogP contribution in [0, 0.1) is 5.82 Å². The number of fused-ring (bicyclic) bond motifs is 1. The smallest absolute Gasteiger partial charge is 0.256 e. The van der Waals surface area contributed by atoms with E-state index in [0.717, 1.165) is 5.56 Å². The van der Waals surface area contributed by atoms with Crippen LogP contribution in [0.4, 0.5) is 10.2 Å². The highest BCUT2D eigenvalue weighted by Gasteiger charge is 2.28. The van der Waals surface area contributed by atoms with E-state index in [2.05, 4.69) is 10.4 Å². The summed E-state index contributed by atoms with van der Waals surface area (Å²) < 4.78 is 26.6. The number of aromatic nitrogens is 2. The molecule has 1 atom stereocenters. The molecule has 0 fully saturated rings. The number of halogens is 2. The largest absolute Gasteiger partial charge is 0.306 e. The Morgan fingerprint density at radius 3 is 2.69 bits per heavy atom. The van der Waals surface area contributed by atoms with Gasteiger partial charge in [0.15, 0.2) is 0 Å². The number of hydrogen-bond donors (Lipinski definition) is 1. The Labute approximate surface area is 156 Å². The lowest BCUT2D eigenvalue weighted by molar-refractivity contribution is 0.102. The van der Waals surface area contributed by atoms with Crippen LogP contribution in [-0.4, -0.2) is 19.9 Å². The summed E-state index contributed by atoms with van der Waals surface area (Å²) in [7, 11) is -1.03. The number of benzene rings is 2. The van der Waals surface area contributed by atoms with Gasteiger partial charge >= 0.3 is 0 Å². The first-order valence-corrected chi connectivity index (χ1v) is 9.66. The number of carbonyl (C=O) groups excluding carboxylic acids is 1. The van der Waals surface area contributed by atoms with Crippen molar-refractivity contribution in [2.75, 3.05) is 5.32 Å². The molecule has 5 nitrogen and oxygen atoms in total. The lowest BCUT2D eigenvalue weighted by Gasteiger charge is -2.11. The van der Waals surface area contributed by atoms with Crippen LogP contribution in [0.1, 0.15) is 21.6 Å². The molecule has 0 aliphatic carbocycles. The van der Waals surface area contributed by atoms with Gasteiger partial charge in [0, 0.05) is 26.9 Å². The number of rotatable bonds is 3. The average Bonchev–Trinajstić information content (AvgIpc) is 3.12. The van der Waals surface area contributed by atoms with Gasteiger partial charge in [-0.25, -0.2) is 9.07 Å². The van der Waals surface area contributed by atoms with E-state index in [1.165, 1.54) is 24.3 Å². The molecule has 2 heterocycles. The van der Waals surface area contributed by atoms with Gasteiger partial charge in [0.25, 0.3) is 5.91 Å². The average molecular weight is 390 g/mol. The highest BCUT2D eigenvalue weighted by molar-refractivity contribution is 7.83. The van der Waals surface area contributed by atoms with Crippen molar-refractivity contribution in [3.8, 4) is 5.69 Å². The number of hydrogen-bond acceptors (Lipinski definition) is 3. The fourth-order valence-corrected chi connectivity index (χ4v) is 4.28. The molecule has 3 aromatic rings. The molecule has 0 saturated heterocycles. The Morgan fingerprint density at radius 1 is 1.19 bits per heavy atom. The van der Waals surface area contributed by atoms with Crippen molar-refractivity contribution in [3.05, 3.63) is 76.2 Å². The summed E-state index contributed by atoms with van der Waals surface area (Å²) in [5.74, 6) is 0.329. The van der Waals surface area contributed by atoms with Crippen molar-refractivity contribution < 1.29 is 13.4 Å². The molecular formula is C18H13ClFN3O2S. The summed E-state index contributed by atoms with van der Waals surface area (Å²) in [4.78, 5) is 12.6. The second-order valence-corrected chi connectivity index (χ2v) is 7.75. The van der Waals surface area contributed by atoms with Crippen LogP contribution in [0.25, 0.3) is 5.69 Å². The van der Waals surface area contributed by atoms with E-state index in [1.807, 2.05) is 6.07 Å². The lowest BCUT2D eigenvalue weighted by atomic mass is 10.2. The zero-order valence-corrected chi connectivity index (χ0v) is 15.0. The Bertz CT molecular complexity index is 1030. The summed E-state index contributed by atoms with van der Waals surface area (Å²) in [5, 5.41) is 7.87. The maximum Gasteiger partial charge on any atom is 0.256 e. The zero-order chi connectivity index (χ0) is 18.3. The van der Waals surface area contributed by atoms with Gasteiger partial charge in [-0.2, -0.15) is 5.10 Å². The second kappa shape index (κ2) is 6.66. The number of anilines is 1. The minimum atomic E-state index is -1.03. The van der Waals surface area contributed by atoms with Gasteiger partial charge < -0.3 is 5.32 Å². The molecule has 4 rings (SSSR count). The van der Waals surface area contributed by atoms with Gasteiger partial charge in [-0.1, -0.05) is 17.7 Å². The third-order valence-electron chi connectivity index (χ3n) is 4.06. The van der Waals surface area contributed by atoms with Crippen molar-refractivity contribution in [2.45, 2.75) is 11.5 Å². The normalized spacial score (nSPS) is 15.7. The molecule has 1 aliphatic heterocycles. The maximum absolute atomic E-state index is 13.1. The first kappa shape index (κ1) is 16.9. The molecular weight excluding hydrogens is 377 g/mol. The third kappa shape index (κ3) is 3.15. The van der Waals surface area contributed by atoms with Crippen LogP contribution >= 0.6 is 11.6 Å². The topological polar surface area (TPSA) is 64.0 Å². The second-order valence-electron chi connectivity index (χ2n) is 5.86. The number of carbonyl (C=O) groups is 1. The van der Waals surface area contributed by atoms with Crippen LogP contribution in [0.3, 0.4) is 0 Å². The van der Waals surface area contributed by atoms with Crippen molar-refractivity contribution in [3.63, 3.8) is 0 Å². The van der Waals surface area contributed by atoms with Gasteiger partial charge in [0.2, 0.25) is 0 Å². The molecule has 0 bridgehead atoms. The molecule has 1 amide bonds. The van der Waals surface area contributed by atoms with Crippen LogP contribution in [0.2, 0.25) is 5.02 Å². The number of nitrogens with one attached hydrogen (secondary N) is 1. The van der Waals surface area contributed by atoms with E-state index >= 15 is 0 Å². The fraction of sp³-hybridized carbons (Fsp3) is 0.111. The van der Waals surface area contributed by atoms with Gasteiger partial charge in [-0.05, 0) is 42.5 Å². The van der Waals surface area contributed by atoms with Crippen LogP contribution < -0.4 is 5.32 Å². The van der Waals surface area contributed by atoms with Crippen LogP contribution in [-0.2, 0) is 22.3 Å². The quantitative estimate of drug-likeness (QED) is 0.743. The molecule has 26 heavy (non-hydrogen) atoms. The summed E-state index contributed by atoms with van der Waals surface area (Å²) in [6, 6.07) is 12.3. The molecule has 0 spiro atoms. The maximum atomic E-state index is 13.1. The van der Waals surface area contributed by atoms with Crippen molar-refractivity contribution in [2.24, 2.45) is 0 Å².